The van der Waals surface area contributed by atoms with E-state index in [-0.39, 0.29) is 18.0 Å². The number of methoxy groups -OCH3 is 1. The van der Waals surface area contributed by atoms with E-state index < -0.39 is 15.9 Å². The topological polar surface area (TPSA) is 75.7 Å². The Morgan fingerprint density at radius 2 is 1.74 bits per heavy atom. The number of nitrogens with one attached hydrogen (secondary N) is 1. The number of nitrogens with zero attached hydrogens (tertiary/aromatic N) is 1. The molecule has 0 aliphatic heterocycles. The molecule has 0 aromatic heterocycles. The van der Waals surface area contributed by atoms with Crippen LogP contribution in [0.3, 0.4) is 0 Å². The van der Waals surface area contributed by atoms with E-state index in [0.717, 1.165) is 8.78 Å². The minimum Gasteiger partial charge on any atom is -0.497 e. The van der Waals surface area contributed by atoms with Crippen molar-refractivity contribution in [3.8, 4) is 5.75 Å². The summed E-state index contributed by atoms with van der Waals surface area (Å²) >= 11 is 9.24. The first-order valence-electron chi connectivity index (χ1n) is 9.22. The van der Waals surface area contributed by atoms with E-state index in [4.69, 9.17) is 16.3 Å². The Morgan fingerprint density at radius 3 is 2.39 bits per heavy atom. The number of anilines is 1. The van der Waals surface area contributed by atoms with E-state index in [2.05, 4.69) is 21.2 Å². The van der Waals surface area contributed by atoms with Gasteiger partial charge in [-0.25, -0.2) is 8.42 Å². The Labute approximate surface area is 195 Å². The zero-order valence-corrected chi connectivity index (χ0v) is 19.7. The Kier molecular flexibility index (Phi) is 7.72. The lowest BCUT2D eigenvalue weighted by Crippen LogP contribution is -2.37. The molecule has 0 unspecified atom stereocenters. The number of carbonyl (C=O) groups is 1. The van der Waals surface area contributed by atoms with Gasteiger partial charge in [-0.3, -0.25) is 4.79 Å². The zero-order valence-electron chi connectivity index (χ0n) is 16.6. The van der Waals surface area contributed by atoms with Crippen LogP contribution in [-0.4, -0.2) is 32.3 Å². The summed E-state index contributed by atoms with van der Waals surface area (Å²) in [6, 6.07) is 19.9. The smallest absolute Gasteiger partial charge is 0.243 e. The number of hydrogen-bond donors (Lipinski definition) is 1. The molecule has 3 aromatic rings. The number of benzene rings is 3. The molecule has 162 valence electrons. The summed E-state index contributed by atoms with van der Waals surface area (Å²) in [5, 5.41) is 3.26. The van der Waals surface area contributed by atoms with Crippen LogP contribution in [0.1, 0.15) is 5.56 Å². The second kappa shape index (κ2) is 10.3. The molecule has 0 heterocycles. The summed E-state index contributed by atoms with van der Waals surface area (Å²) in [6.45, 7) is -0.348. The minimum atomic E-state index is -3.93. The summed E-state index contributed by atoms with van der Waals surface area (Å²) in [5.74, 6) is 0.112. The Morgan fingerprint density at radius 1 is 1.06 bits per heavy atom. The summed E-state index contributed by atoms with van der Waals surface area (Å²) in [5.41, 5.74) is 1.22. The molecule has 0 aliphatic rings. The van der Waals surface area contributed by atoms with Crippen LogP contribution in [0.4, 0.5) is 5.69 Å². The van der Waals surface area contributed by atoms with Crippen molar-refractivity contribution in [2.75, 3.05) is 19.0 Å². The van der Waals surface area contributed by atoms with Crippen LogP contribution >= 0.6 is 27.5 Å². The fraction of sp³-hybridized carbons (Fsp3) is 0.136. The molecule has 31 heavy (non-hydrogen) atoms. The fourth-order valence-electron chi connectivity index (χ4n) is 2.84. The molecule has 1 amide bonds. The highest BCUT2D eigenvalue weighted by molar-refractivity contribution is 9.10. The molecule has 0 atom stereocenters. The van der Waals surface area contributed by atoms with Crippen LogP contribution in [0.5, 0.6) is 5.75 Å². The van der Waals surface area contributed by atoms with Crippen LogP contribution in [0.15, 0.2) is 82.2 Å². The second-order valence-electron chi connectivity index (χ2n) is 6.63. The maximum absolute atomic E-state index is 13.3. The third kappa shape index (κ3) is 6.30. The van der Waals surface area contributed by atoms with Gasteiger partial charge in [0, 0.05) is 27.8 Å². The van der Waals surface area contributed by atoms with E-state index in [9.17, 15) is 13.2 Å². The molecule has 0 fully saturated rings. The maximum Gasteiger partial charge on any atom is 0.243 e. The van der Waals surface area contributed by atoms with Gasteiger partial charge in [0.2, 0.25) is 15.9 Å². The van der Waals surface area contributed by atoms with Crippen molar-refractivity contribution in [3.63, 3.8) is 0 Å². The molecule has 0 bridgehead atoms. The van der Waals surface area contributed by atoms with Gasteiger partial charge in [0.15, 0.2) is 0 Å². The monoisotopic (exact) mass is 522 g/mol. The Bertz CT molecular complexity index is 1150. The van der Waals surface area contributed by atoms with Crippen molar-refractivity contribution in [2.45, 2.75) is 11.4 Å². The molecule has 9 heteroatoms. The van der Waals surface area contributed by atoms with Gasteiger partial charge in [-0.15, -0.1) is 0 Å². The molecular weight excluding hydrogens is 504 g/mol. The van der Waals surface area contributed by atoms with Gasteiger partial charge in [0.05, 0.1) is 18.6 Å². The van der Waals surface area contributed by atoms with Crippen molar-refractivity contribution < 1.29 is 17.9 Å². The van der Waals surface area contributed by atoms with Crippen molar-refractivity contribution in [2.24, 2.45) is 0 Å². The van der Waals surface area contributed by atoms with Crippen LogP contribution in [-0.2, 0) is 21.4 Å². The molecule has 0 aliphatic carbocycles. The Hall–Kier alpha value is -2.39. The van der Waals surface area contributed by atoms with E-state index in [1.807, 2.05) is 0 Å². The average molecular weight is 524 g/mol. The van der Waals surface area contributed by atoms with Gasteiger partial charge in [0.25, 0.3) is 0 Å². The van der Waals surface area contributed by atoms with Crippen molar-refractivity contribution >= 4 is 49.1 Å². The van der Waals surface area contributed by atoms with Gasteiger partial charge in [-0.1, -0.05) is 45.7 Å². The molecule has 0 spiro atoms. The second-order valence-corrected chi connectivity index (χ2v) is 9.92. The van der Waals surface area contributed by atoms with E-state index in [1.54, 1.807) is 60.7 Å². The largest absolute Gasteiger partial charge is 0.497 e. The molecule has 0 saturated heterocycles. The number of carbonyl (C=O) groups excluding carboxylic acids is 1. The fourth-order valence-corrected chi connectivity index (χ4v) is 4.61. The van der Waals surface area contributed by atoms with Gasteiger partial charge >= 0.3 is 0 Å². The van der Waals surface area contributed by atoms with E-state index in [0.29, 0.717) is 22.0 Å². The SMILES string of the molecule is COc1cccc(NC(=O)CN(Cc2ccc(Cl)cc2)S(=O)(=O)c2ccc(Br)cc2)c1. The number of rotatable bonds is 8. The van der Waals surface area contributed by atoms with Crippen molar-refractivity contribution in [1.29, 1.82) is 0 Å². The first-order chi connectivity index (χ1) is 14.8. The molecular formula is C22H20BrClN2O4S. The highest BCUT2D eigenvalue weighted by Crippen LogP contribution is 2.22. The molecule has 3 aromatic carbocycles. The lowest BCUT2D eigenvalue weighted by Gasteiger charge is -2.22. The summed E-state index contributed by atoms with van der Waals surface area (Å²) < 4.78 is 33.6. The maximum atomic E-state index is 13.3. The number of ether oxygens (including phenoxy) is 1. The van der Waals surface area contributed by atoms with Gasteiger partial charge in [0.1, 0.15) is 5.75 Å². The first-order valence-corrected chi connectivity index (χ1v) is 11.8. The lowest BCUT2D eigenvalue weighted by atomic mass is 10.2. The zero-order chi connectivity index (χ0) is 22.4. The highest BCUT2D eigenvalue weighted by atomic mass is 79.9. The van der Waals surface area contributed by atoms with E-state index in [1.165, 1.54) is 19.2 Å². The summed E-state index contributed by atoms with van der Waals surface area (Å²) in [7, 11) is -2.40. The van der Waals surface area contributed by atoms with Gasteiger partial charge in [-0.2, -0.15) is 4.31 Å². The minimum absolute atomic E-state index is 0.0150. The quantitative estimate of drug-likeness (QED) is 0.454. The summed E-state index contributed by atoms with van der Waals surface area (Å²) in [6.07, 6.45) is 0. The van der Waals surface area contributed by atoms with Crippen LogP contribution in [0, 0.1) is 0 Å². The molecule has 0 saturated carbocycles. The predicted molar refractivity (Wildman–Crippen MR) is 125 cm³/mol. The third-order valence-electron chi connectivity index (χ3n) is 4.40. The van der Waals surface area contributed by atoms with Crippen LogP contribution in [0.25, 0.3) is 0 Å². The predicted octanol–water partition coefficient (Wildman–Crippen LogP) is 4.94. The number of amides is 1. The average Bonchev–Trinajstić information content (AvgIpc) is 2.75. The molecule has 1 N–H and O–H groups in total. The number of sulfonamides is 1. The summed E-state index contributed by atoms with van der Waals surface area (Å²) in [4.78, 5) is 12.8. The number of hydrogen-bond acceptors (Lipinski definition) is 4. The van der Waals surface area contributed by atoms with Gasteiger partial charge < -0.3 is 10.1 Å². The third-order valence-corrected chi connectivity index (χ3v) is 6.98. The first kappa shape index (κ1) is 23.3. The standard InChI is InChI=1S/C22H20BrClN2O4S/c1-30-20-4-2-3-19(13-20)25-22(27)15-26(14-16-5-9-18(24)10-6-16)31(28,29)21-11-7-17(23)8-12-21/h2-13H,14-15H2,1H3,(H,25,27). The molecule has 6 nitrogen and oxygen atoms in total. The number of halogens is 2. The highest BCUT2D eigenvalue weighted by Gasteiger charge is 2.27. The van der Waals surface area contributed by atoms with Crippen molar-refractivity contribution in [1.82, 2.24) is 4.31 Å². The normalized spacial score (nSPS) is 11.4. The van der Waals surface area contributed by atoms with Crippen LogP contribution in [0.2, 0.25) is 5.02 Å². The Balaban J connectivity index is 1.86. The van der Waals surface area contributed by atoms with E-state index >= 15 is 0 Å². The van der Waals surface area contributed by atoms with Crippen molar-refractivity contribution in [3.05, 3.63) is 87.9 Å². The molecule has 3 rings (SSSR count). The van der Waals surface area contributed by atoms with Gasteiger partial charge in [-0.05, 0) is 54.1 Å². The lowest BCUT2D eigenvalue weighted by molar-refractivity contribution is -0.116. The van der Waals surface area contributed by atoms with Crippen LogP contribution < -0.4 is 10.1 Å². The molecule has 0 radical (unpaired) electrons.